The monoisotopic (exact) mass is 405 g/mol. The molecule has 1 aliphatic rings. The first-order valence-electron chi connectivity index (χ1n) is 9.57. The lowest BCUT2D eigenvalue weighted by molar-refractivity contribution is -0.116. The number of aromatic hydroxyl groups is 1. The molecule has 0 saturated carbocycles. The number of aromatic nitrogens is 6. The molecule has 3 aromatic heterocycles. The summed E-state index contributed by atoms with van der Waals surface area (Å²) in [4.78, 5) is 12.6. The van der Waals surface area contributed by atoms with E-state index in [1.807, 2.05) is 19.9 Å². The number of phenols is 1. The molecule has 152 valence electrons. The van der Waals surface area contributed by atoms with Crippen LogP contribution in [0.2, 0.25) is 0 Å². The van der Waals surface area contributed by atoms with Crippen LogP contribution in [0, 0.1) is 6.92 Å². The molecule has 0 radical (unpaired) electrons. The lowest BCUT2D eigenvalue weighted by Gasteiger charge is -2.24. The van der Waals surface area contributed by atoms with Crippen molar-refractivity contribution in [3.8, 4) is 17.3 Å². The summed E-state index contributed by atoms with van der Waals surface area (Å²) in [6, 6.07) is 8.75. The third kappa shape index (κ3) is 2.84. The number of carbonyl (C=O) groups is 1. The van der Waals surface area contributed by atoms with Crippen molar-refractivity contribution in [1.82, 2.24) is 29.6 Å². The second kappa shape index (κ2) is 6.83. The van der Waals surface area contributed by atoms with Gasteiger partial charge in [-0.2, -0.15) is 14.3 Å². The van der Waals surface area contributed by atoms with Gasteiger partial charge in [-0.25, -0.2) is 0 Å². The number of anilines is 1. The van der Waals surface area contributed by atoms with Gasteiger partial charge in [-0.15, -0.1) is 15.3 Å². The van der Waals surface area contributed by atoms with Crippen molar-refractivity contribution in [2.45, 2.75) is 26.2 Å². The van der Waals surface area contributed by atoms with E-state index in [-0.39, 0.29) is 24.0 Å². The maximum absolute atomic E-state index is 12.6. The van der Waals surface area contributed by atoms with E-state index in [9.17, 15) is 9.90 Å². The van der Waals surface area contributed by atoms with Crippen LogP contribution in [0.5, 0.6) is 11.5 Å². The molecule has 4 aromatic rings. The zero-order chi connectivity index (χ0) is 20.8. The molecule has 1 aliphatic heterocycles. The van der Waals surface area contributed by atoms with Crippen molar-refractivity contribution in [2.75, 3.05) is 11.9 Å². The third-order valence-corrected chi connectivity index (χ3v) is 5.15. The molecule has 0 fully saturated rings. The van der Waals surface area contributed by atoms with Gasteiger partial charge in [0.05, 0.1) is 12.3 Å². The van der Waals surface area contributed by atoms with Gasteiger partial charge in [0.1, 0.15) is 12.1 Å². The van der Waals surface area contributed by atoms with E-state index in [0.717, 1.165) is 16.8 Å². The Labute approximate surface area is 171 Å². The molecular formula is C20H19N7O3. The van der Waals surface area contributed by atoms with Crippen molar-refractivity contribution in [1.29, 1.82) is 0 Å². The molecule has 10 heteroatoms. The minimum absolute atomic E-state index is 0.0694. The Kier molecular flexibility index (Phi) is 4.12. The zero-order valence-electron chi connectivity index (χ0n) is 16.4. The minimum Gasteiger partial charge on any atom is -0.504 e. The van der Waals surface area contributed by atoms with E-state index in [1.54, 1.807) is 33.5 Å². The summed E-state index contributed by atoms with van der Waals surface area (Å²) in [7, 11) is 0. The van der Waals surface area contributed by atoms with Crippen LogP contribution in [0.1, 0.15) is 36.1 Å². The Balaban J connectivity index is 1.64. The predicted molar refractivity (Wildman–Crippen MR) is 107 cm³/mol. The molecular weight excluding hydrogens is 386 g/mol. The first-order valence-corrected chi connectivity index (χ1v) is 9.57. The van der Waals surface area contributed by atoms with Gasteiger partial charge in [0.15, 0.2) is 23.0 Å². The molecule has 1 aromatic carbocycles. The van der Waals surface area contributed by atoms with Crippen molar-refractivity contribution < 1.29 is 14.6 Å². The Bertz CT molecular complexity index is 1280. The molecule has 2 N–H and O–H groups in total. The molecule has 30 heavy (non-hydrogen) atoms. The van der Waals surface area contributed by atoms with E-state index >= 15 is 0 Å². The maximum atomic E-state index is 12.6. The third-order valence-electron chi connectivity index (χ3n) is 5.15. The van der Waals surface area contributed by atoms with Crippen LogP contribution in [0.3, 0.4) is 0 Å². The molecule has 0 aliphatic carbocycles. The van der Waals surface area contributed by atoms with E-state index in [1.165, 1.54) is 6.33 Å². The van der Waals surface area contributed by atoms with Crippen molar-refractivity contribution in [3.63, 3.8) is 0 Å². The van der Waals surface area contributed by atoms with Crippen LogP contribution < -0.4 is 10.1 Å². The molecule has 1 atom stereocenters. The van der Waals surface area contributed by atoms with E-state index in [2.05, 4.69) is 25.7 Å². The highest BCUT2D eigenvalue weighted by Gasteiger charge is 2.33. The van der Waals surface area contributed by atoms with Gasteiger partial charge in [-0.1, -0.05) is 6.07 Å². The second-order valence-electron chi connectivity index (χ2n) is 7.05. The molecule has 5 rings (SSSR count). The number of carbonyl (C=O) groups excluding carboxylic acids is 1. The van der Waals surface area contributed by atoms with Crippen molar-refractivity contribution in [3.05, 3.63) is 53.5 Å². The number of nitrogens with one attached hydrogen (secondary N) is 1. The molecule has 0 unspecified atom stereocenters. The Morgan fingerprint density at radius 1 is 1.27 bits per heavy atom. The Morgan fingerprint density at radius 3 is 2.97 bits per heavy atom. The molecule has 0 bridgehead atoms. The highest BCUT2D eigenvalue weighted by Crippen LogP contribution is 2.42. The number of nitrogens with zero attached hydrogens (tertiary/aromatic N) is 6. The number of ether oxygens (including phenoxy) is 1. The van der Waals surface area contributed by atoms with Gasteiger partial charge in [0.2, 0.25) is 5.91 Å². The normalized spacial score (nSPS) is 15.8. The number of phenolic OH excluding ortho intramolecular Hbond substituents is 1. The SMILES string of the molecule is CCOc1cc([C@@H]2CC(=O)Nc3c2c(C)nn3-c2ccc3nncn3n2)ccc1O. The maximum Gasteiger partial charge on any atom is 0.226 e. The average Bonchev–Trinajstić information content (AvgIpc) is 3.33. The average molecular weight is 405 g/mol. The summed E-state index contributed by atoms with van der Waals surface area (Å²) in [5, 5.41) is 29.9. The lowest BCUT2D eigenvalue weighted by atomic mass is 9.85. The van der Waals surface area contributed by atoms with Crippen LogP contribution in [0.25, 0.3) is 11.5 Å². The zero-order valence-corrected chi connectivity index (χ0v) is 16.4. The smallest absolute Gasteiger partial charge is 0.226 e. The molecule has 0 spiro atoms. The second-order valence-corrected chi connectivity index (χ2v) is 7.05. The standard InChI is InChI=1S/C20H19N7O3/c1-3-30-15-8-12(4-5-14(15)28)13-9-18(29)22-20-19(13)11(2)24-27(20)17-7-6-16-23-21-10-26(16)25-17/h4-8,10,13,28H,3,9H2,1-2H3,(H,22,29)/t13-/m0/s1. The number of hydrogen-bond donors (Lipinski definition) is 2. The number of amides is 1. The van der Waals surface area contributed by atoms with Crippen LogP contribution in [0.4, 0.5) is 5.82 Å². The van der Waals surface area contributed by atoms with Crippen LogP contribution in [-0.4, -0.2) is 47.2 Å². The first-order chi connectivity index (χ1) is 14.5. The fourth-order valence-electron chi connectivity index (χ4n) is 3.85. The van der Waals surface area contributed by atoms with Crippen LogP contribution in [0.15, 0.2) is 36.7 Å². The van der Waals surface area contributed by atoms with E-state index in [0.29, 0.717) is 29.6 Å². The summed E-state index contributed by atoms with van der Waals surface area (Å²) in [6.45, 7) is 4.19. The van der Waals surface area contributed by atoms with Gasteiger partial charge >= 0.3 is 0 Å². The van der Waals surface area contributed by atoms with Crippen LogP contribution in [-0.2, 0) is 4.79 Å². The minimum atomic E-state index is -0.221. The first kappa shape index (κ1) is 18.1. The number of hydrogen-bond acceptors (Lipinski definition) is 7. The summed E-state index contributed by atoms with van der Waals surface area (Å²) >= 11 is 0. The van der Waals surface area contributed by atoms with Gasteiger partial charge in [-0.3, -0.25) is 4.79 Å². The fourth-order valence-corrected chi connectivity index (χ4v) is 3.85. The summed E-state index contributed by atoms with van der Waals surface area (Å²) < 4.78 is 8.70. The van der Waals surface area contributed by atoms with Crippen molar-refractivity contribution >= 4 is 17.4 Å². The quantitative estimate of drug-likeness (QED) is 0.534. The molecule has 4 heterocycles. The predicted octanol–water partition coefficient (Wildman–Crippen LogP) is 2.20. The highest BCUT2D eigenvalue weighted by atomic mass is 16.5. The van der Waals surface area contributed by atoms with Crippen LogP contribution >= 0.6 is 0 Å². The number of rotatable bonds is 4. The number of benzene rings is 1. The fraction of sp³-hybridized carbons (Fsp3) is 0.250. The van der Waals surface area contributed by atoms with Gasteiger partial charge in [0.25, 0.3) is 0 Å². The largest absolute Gasteiger partial charge is 0.504 e. The Hall–Kier alpha value is -3.95. The van der Waals surface area contributed by atoms with Gasteiger partial charge in [0, 0.05) is 17.9 Å². The molecule has 1 amide bonds. The summed E-state index contributed by atoms with van der Waals surface area (Å²) in [5.41, 5.74) is 3.18. The lowest BCUT2D eigenvalue weighted by Crippen LogP contribution is -2.25. The Morgan fingerprint density at radius 2 is 2.13 bits per heavy atom. The van der Waals surface area contributed by atoms with Gasteiger partial charge < -0.3 is 15.2 Å². The van der Waals surface area contributed by atoms with E-state index in [4.69, 9.17) is 4.74 Å². The summed E-state index contributed by atoms with van der Waals surface area (Å²) in [6.07, 6.45) is 1.78. The topological polar surface area (TPSA) is 119 Å². The van der Waals surface area contributed by atoms with Crippen molar-refractivity contribution in [2.24, 2.45) is 0 Å². The molecule has 0 saturated heterocycles. The number of aryl methyl sites for hydroxylation is 1. The summed E-state index contributed by atoms with van der Waals surface area (Å²) in [5.74, 6) is 1.24. The van der Waals surface area contributed by atoms with E-state index < -0.39 is 0 Å². The van der Waals surface area contributed by atoms with Gasteiger partial charge in [-0.05, 0) is 43.7 Å². The molecule has 10 nitrogen and oxygen atoms in total. The highest BCUT2D eigenvalue weighted by molar-refractivity contribution is 5.95. The number of fused-ring (bicyclic) bond motifs is 2.